The Labute approximate surface area is 101 Å². The van der Waals surface area contributed by atoms with E-state index in [1.165, 1.54) is 19.1 Å². The smallest absolute Gasteiger partial charge is 0.277 e. The van der Waals surface area contributed by atoms with Crippen molar-refractivity contribution in [3.63, 3.8) is 0 Å². The fourth-order valence-corrected chi connectivity index (χ4v) is 1.73. The molecular formula is C11H9FN2O2S. The van der Waals surface area contributed by atoms with Crippen molar-refractivity contribution in [2.75, 3.05) is 5.75 Å². The van der Waals surface area contributed by atoms with Gasteiger partial charge in [0.25, 0.3) is 5.22 Å². The number of nitrogens with zero attached hydrogens (tertiary/aromatic N) is 2. The Morgan fingerprint density at radius 3 is 3.00 bits per heavy atom. The van der Waals surface area contributed by atoms with E-state index in [9.17, 15) is 9.18 Å². The summed E-state index contributed by atoms with van der Waals surface area (Å²) in [6.07, 6.45) is 0. The molecular weight excluding hydrogens is 243 g/mol. The highest BCUT2D eigenvalue weighted by atomic mass is 32.2. The van der Waals surface area contributed by atoms with Crippen molar-refractivity contribution in [3.8, 4) is 11.5 Å². The largest absolute Gasteiger partial charge is 0.411 e. The van der Waals surface area contributed by atoms with Crippen LogP contribution in [0.1, 0.15) is 6.92 Å². The highest BCUT2D eigenvalue weighted by Crippen LogP contribution is 2.23. The van der Waals surface area contributed by atoms with Gasteiger partial charge in [-0.15, -0.1) is 10.2 Å². The third-order valence-corrected chi connectivity index (χ3v) is 2.84. The molecule has 1 aromatic heterocycles. The van der Waals surface area contributed by atoms with Crippen LogP contribution in [0.15, 0.2) is 33.9 Å². The normalized spacial score (nSPS) is 10.5. The van der Waals surface area contributed by atoms with Gasteiger partial charge in [0.05, 0.1) is 5.75 Å². The zero-order valence-corrected chi connectivity index (χ0v) is 9.83. The minimum atomic E-state index is -0.362. The second-order valence-electron chi connectivity index (χ2n) is 3.37. The van der Waals surface area contributed by atoms with E-state index < -0.39 is 0 Å². The molecule has 6 heteroatoms. The summed E-state index contributed by atoms with van der Waals surface area (Å²) < 4.78 is 18.3. The lowest BCUT2D eigenvalue weighted by Gasteiger charge is -1.94. The van der Waals surface area contributed by atoms with Crippen LogP contribution in [0.3, 0.4) is 0 Å². The first-order valence-corrected chi connectivity index (χ1v) is 5.85. The third kappa shape index (κ3) is 3.13. The summed E-state index contributed by atoms with van der Waals surface area (Å²) in [5, 5.41) is 7.86. The Bertz CT molecular complexity index is 542. The number of rotatable bonds is 4. The fraction of sp³-hybridized carbons (Fsp3) is 0.182. The number of hydrogen-bond donors (Lipinski definition) is 0. The summed E-state index contributed by atoms with van der Waals surface area (Å²) in [6, 6.07) is 5.89. The van der Waals surface area contributed by atoms with Crippen LogP contribution >= 0.6 is 11.8 Å². The van der Waals surface area contributed by atoms with E-state index in [0.717, 1.165) is 11.8 Å². The summed E-state index contributed by atoms with van der Waals surface area (Å²) in [6.45, 7) is 1.48. The lowest BCUT2D eigenvalue weighted by atomic mass is 10.2. The number of carbonyl (C=O) groups is 1. The van der Waals surface area contributed by atoms with Gasteiger partial charge in [-0.05, 0) is 25.1 Å². The topological polar surface area (TPSA) is 56.0 Å². The van der Waals surface area contributed by atoms with Crippen molar-refractivity contribution in [2.45, 2.75) is 12.1 Å². The van der Waals surface area contributed by atoms with E-state index in [1.54, 1.807) is 12.1 Å². The number of Topliss-reactive ketones (excluding diaryl/α,β-unsaturated/α-hetero) is 1. The first-order chi connectivity index (χ1) is 8.15. The van der Waals surface area contributed by atoms with E-state index in [-0.39, 0.29) is 23.2 Å². The van der Waals surface area contributed by atoms with E-state index in [0.29, 0.717) is 10.8 Å². The zero-order valence-electron chi connectivity index (χ0n) is 9.01. The van der Waals surface area contributed by atoms with Gasteiger partial charge in [0, 0.05) is 5.56 Å². The van der Waals surface area contributed by atoms with Crippen molar-refractivity contribution in [2.24, 2.45) is 0 Å². The Balaban J connectivity index is 2.15. The van der Waals surface area contributed by atoms with Crippen molar-refractivity contribution in [1.29, 1.82) is 0 Å². The molecule has 0 aliphatic rings. The van der Waals surface area contributed by atoms with E-state index in [1.807, 2.05) is 0 Å². The van der Waals surface area contributed by atoms with Crippen LogP contribution in [0.2, 0.25) is 0 Å². The number of halogens is 1. The number of benzene rings is 1. The van der Waals surface area contributed by atoms with Crippen LogP contribution < -0.4 is 0 Å². The van der Waals surface area contributed by atoms with Crippen LogP contribution in [0.25, 0.3) is 11.5 Å². The van der Waals surface area contributed by atoms with E-state index in [2.05, 4.69) is 10.2 Å². The average molecular weight is 252 g/mol. The minimum absolute atomic E-state index is 0.0282. The van der Waals surface area contributed by atoms with Gasteiger partial charge < -0.3 is 4.42 Å². The van der Waals surface area contributed by atoms with Crippen molar-refractivity contribution >= 4 is 17.5 Å². The van der Waals surface area contributed by atoms with Crippen molar-refractivity contribution in [1.82, 2.24) is 10.2 Å². The molecule has 0 bridgehead atoms. The highest BCUT2D eigenvalue weighted by molar-refractivity contribution is 7.99. The second kappa shape index (κ2) is 5.09. The summed E-state index contributed by atoms with van der Waals surface area (Å²) >= 11 is 1.16. The Morgan fingerprint density at radius 2 is 2.29 bits per heavy atom. The molecule has 0 amide bonds. The summed E-state index contributed by atoms with van der Waals surface area (Å²) in [5.74, 6) is 0.194. The van der Waals surface area contributed by atoms with Gasteiger partial charge in [-0.3, -0.25) is 4.79 Å². The molecule has 2 rings (SSSR count). The minimum Gasteiger partial charge on any atom is -0.411 e. The number of thioether (sulfide) groups is 1. The van der Waals surface area contributed by atoms with Gasteiger partial charge in [-0.2, -0.15) is 0 Å². The standard InChI is InChI=1S/C11H9FN2O2S/c1-7(15)6-17-11-14-13-10(16-11)8-3-2-4-9(12)5-8/h2-5H,6H2,1H3. The lowest BCUT2D eigenvalue weighted by Crippen LogP contribution is -1.92. The molecule has 0 unspecified atom stereocenters. The second-order valence-corrected chi connectivity index (χ2v) is 4.30. The molecule has 4 nitrogen and oxygen atoms in total. The Hall–Kier alpha value is -1.69. The predicted molar refractivity (Wildman–Crippen MR) is 61.1 cm³/mol. The predicted octanol–water partition coefficient (Wildman–Crippen LogP) is 2.56. The van der Waals surface area contributed by atoms with Crippen LogP contribution in [-0.2, 0) is 4.79 Å². The monoisotopic (exact) mass is 252 g/mol. The maximum Gasteiger partial charge on any atom is 0.277 e. The lowest BCUT2D eigenvalue weighted by molar-refractivity contribution is -0.114. The molecule has 0 fully saturated rings. The summed E-state index contributed by atoms with van der Waals surface area (Å²) in [4.78, 5) is 10.8. The summed E-state index contributed by atoms with van der Waals surface area (Å²) in [7, 11) is 0. The molecule has 0 saturated carbocycles. The van der Waals surface area contributed by atoms with Crippen LogP contribution in [0.5, 0.6) is 0 Å². The maximum atomic E-state index is 13.0. The first kappa shape index (κ1) is 11.8. The number of hydrogen-bond acceptors (Lipinski definition) is 5. The average Bonchev–Trinajstić information content (AvgIpc) is 2.75. The number of ketones is 1. The highest BCUT2D eigenvalue weighted by Gasteiger charge is 2.10. The van der Waals surface area contributed by atoms with Gasteiger partial charge in [0.15, 0.2) is 0 Å². The SMILES string of the molecule is CC(=O)CSc1nnc(-c2cccc(F)c2)o1. The van der Waals surface area contributed by atoms with Gasteiger partial charge in [0.2, 0.25) is 5.89 Å². The zero-order chi connectivity index (χ0) is 12.3. The molecule has 0 atom stereocenters. The van der Waals surface area contributed by atoms with Crippen LogP contribution in [0, 0.1) is 5.82 Å². The molecule has 0 aliphatic heterocycles. The Kier molecular flexibility index (Phi) is 3.53. The first-order valence-electron chi connectivity index (χ1n) is 4.87. The molecule has 1 heterocycles. The Morgan fingerprint density at radius 1 is 1.47 bits per heavy atom. The van der Waals surface area contributed by atoms with Crippen LogP contribution in [0.4, 0.5) is 4.39 Å². The molecule has 0 saturated heterocycles. The molecule has 0 spiro atoms. The number of carbonyl (C=O) groups excluding carboxylic acids is 1. The van der Waals surface area contributed by atoms with E-state index in [4.69, 9.17) is 4.42 Å². The maximum absolute atomic E-state index is 13.0. The molecule has 0 N–H and O–H groups in total. The molecule has 17 heavy (non-hydrogen) atoms. The molecule has 0 radical (unpaired) electrons. The van der Waals surface area contributed by atoms with Gasteiger partial charge >= 0.3 is 0 Å². The fourth-order valence-electron chi connectivity index (χ4n) is 1.17. The van der Waals surface area contributed by atoms with Crippen molar-refractivity contribution in [3.05, 3.63) is 30.1 Å². The molecule has 88 valence electrons. The molecule has 1 aromatic carbocycles. The molecule has 0 aliphatic carbocycles. The number of aromatic nitrogens is 2. The van der Waals surface area contributed by atoms with Crippen LogP contribution in [-0.4, -0.2) is 21.7 Å². The summed E-state index contributed by atoms with van der Waals surface area (Å²) in [5.41, 5.74) is 0.521. The van der Waals surface area contributed by atoms with E-state index >= 15 is 0 Å². The quantitative estimate of drug-likeness (QED) is 0.783. The van der Waals surface area contributed by atoms with Crippen molar-refractivity contribution < 1.29 is 13.6 Å². The van der Waals surface area contributed by atoms with Gasteiger partial charge in [-0.25, -0.2) is 4.39 Å². The van der Waals surface area contributed by atoms with Gasteiger partial charge in [0.1, 0.15) is 11.6 Å². The van der Waals surface area contributed by atoms with Gasteiger partial charge in [-0.1, -0.05) is 17.8 Å². The third-order valence-electron chi connectivity index (χ3n) is 1.88. The molecule has 2 aromatic rings.